The molecule has 2 amide bonds. The zero-order chi connectivity index (χ0) is 17.7. The predicted octanol–water partition coefficient (Wildman–Crippen LogP) is 1.81. The van der Waals surface area contributed by atoms with Gasteiger partial charge in [-0.05, 0) is 50.8 Å². The Kier molecular flexibility index (Phi) is 5.28. The van der Waals surface area contributed by atoms with Gasteiger partial charge in [-0.3, -0.25) is 0 Å². The van der Waals surface area contributed by atoms with Crippen LogP contribution in [0.25, 0.3) is 5.82 Å². The molecule has 0 spiro atoms. The molecule has 1 aliphatic rings. The van der Waals surface area contributed by atoms with Crippen LogP contribution < -0.4 is 10.6 Å². The van der Waals surface area contributed by atoms with Crippen molar-refractivity contribution in [2.24, 2.45) is 0 Å². The van der Waals surface area contributed by atoms with E-state index in [-0.39, 0.29) is 17.7 Å². The summed E-state index contributed by atoms with van der Waals surface area (Å²) < 4.78 is 7.55. The summed E-state index contributed by atoms with van der Waals surface area (Å²) in [5.74, 6) is 0.662. The van der Waals surface area contributed by atoms with Crippen molar-refractivity contribution >= 4 is 6.03 Å². The Morgan fingerprint density at radius 2 is 2.32 bits per heavy atom. The van der Waals surface area contributed by atoms with Crippen LogP contribution in [0, 0.1) is 0 Å². The molecule has 0 bridgehead atoms. The first kappa shape index (κ1) is 17.3. The van der Waals surface area contributed by atoms with Gasteiger partial charge in [-0.25, -0.2) is 19.4 Å². The molecule has 0 aliphatic carbocycles. The van der Waals surface area contributed by atoms with Gasteiger partial charge in [-0.15, -0.1) is 0 Å². The second kappa shape index (κ2) is 7.60. The van der Waals surface area contributed by atoms with Crippen LogP contribution in [0.3, 0.4) is 0 Å². The van der Waals surface area contributed by atoms with E-state index in [2.05, 4.69) is 39.5 Å². The first-order chi connectivity index (χ1) is 12.0. The van der Waals surface area contributed by atoms with E-state index in [1.165, 1.54) is 6.33 Å². The monoisotopic (exact) mass is 344 g/mol. The molecule has 3 rings (SSSR count). The Hall–Kier alpha value is -2.48. The summed E-state index contributed by atoms with van der Waals surface area (Å²) in [6.07, 6.45) is 7.97. The quantitative estimate of drug-likeness (QED) is 0.863. The lowest BCUT2D eigenvalue weighted by molar-refractivity contribution is -0.103. The van der Waals surface area contributed by atoms with Crippen molar-refractivity contribution in [3.8, 4) is 5.82 Å². The summed E-state index contributed by atoms with van der Waals surface area (Å²) in [5.41, 5.74) is 0.835. The molecule has 1 saturated heterocycles. The zero-order valence-corrected chi connectivity index (χ0v) is 14.6. The average Bonchev–Trinajstić information content (AvgIpc) is 3.12. The molecule has 0 saturated carbocycles. The molecule has 1 unspecified atom stereocenters. The third kappa shape index (κ3) is 4.99. The maximum Gasteiger partial charge on any atom is 0.315 e. The summed E-state index contributed by atoms with van der Waals surface area (Å²) in [4.78, 5) is 20.2. The molecule has 0 aromatic carbocycles. The number of nitrogens with one attached hydrogen (secondary N) is 2. The number of rotatable bonds is 5. The van der Waals surface area contributed by atoms with Crippen LogP contribution in [-0.2, 0) is 11.3 Å². The maximum absolute atomic E-state index is 12.0. The number of hydrogen-bond donors (Lipinski definition) is 2. The van der Waals surface area contributed by atoms with Crippen molar-refractivity contribution in [2.75, 3.05) is 6.54 Å². The van der Waals surface area contributed by atoms with E-state index in [4.69, 9.17) is 4.74 Å². The summed E-state index contributed by atoms with van der Waals surface area (Å²) >= 11 is 0. The first-order valence-corrected chi connectivity index (χ1v) is 8.51. The molecule has 2 N–H and O–H groups in total. The van der Waals surface area contributed by atoms with Gasteiger partial charge in [0, 0.05) is 19.3 Å². The molecule has 1 atom stereocenters. The van der Waals surface area contributed by atoms with Crippen molar-refractivity contribution in [1.82, 2.24) is 30.4 Å². The Morgan fingerprint density at radius 3 is 3.08 bits per heavy atom. The Bertz CT molecular complexity index is 701. The van der Waals surface area contributed by atoms with Gasteiger partial charge in [0.2, 0.25) is 0 Å². The highest BCUT2D eigenvalue weighted by molar-refractivity contribution is 5.73. The summed E-state index contributed by atoms with van der Waals surface area (Å²) in [7, 11) is 0. The lowest BCUT2D eigenvalue weighted by Crippen LogP contribution is -2.44. The number of aromatic nitrogens is 4. The van der Waals surface area contributed by atoms with Crippen molar-refractivity contribution in [1.29, 1.82) is 0 Å². The van der Waals surface area contributed by atoms with Gasteiger partial charge in [-0.2, -0.15) is 5.10 Å². The van der Waals surface area contributed by atoms with Crippen LogP contribution in [-0.4, -0.2) is 44.0 Å². The second-order valence-corrected chi connectivity index (χ2v) is 6.82. The number of urea groups is 1. The number of nitrogens with zero attached hydrogens (tertiary/aromatic N) is 4. The predicted molar refractivity (Wildman–Crippen MR) is 92.2 cm³/mol. The van der Waals surface area contributed by atoms with Crippen molar-refractivity contribution < 1.29 is 9.53 Å². The highest BCUT2D eigenvalue weighted by Gasteiger charge is 2.28. The minimum absolute atomic E-state index is 0.0781. The Labute approximate surface area is 147 Å². The van der Waals surface area contributed by atoms with E-state index < -0.39 is 0 Å². The lowest BCUT2D eigenvalue weighted by Gasteiger charge is -2.36. The van der Waals surface area contributed by atoms with Gasteiger partial charge < -0.3 is 15.4 Å². The van der Waals surface area contributed by atoms with Crippen LogP contribution in [0.5, 0.6) is 0 Å². The number of carbonyl (C=O) groups is 1. The topological polar surface area (TPSA) is 94.0 Å². The van der Waals surface area contributed by atoms with Crippen molar-refractivity contribution in [3.05, 3.63) is 36.5 Å². The van der Waals surface area contributed by atoms with E-state index in [1.54, 1.807) is 17.2 Å². The molecule has 2 aromatic rings. The number of ether oxygens (including phenoxy) is 1. The minimum Gasteiger partial charge on any atom is -0.371 e. The molecular formula is C17H24N6O2. The molecule has 8 heteroatoms. The third-order valence-electron chi connectivity index (χ3n) is 4.20. The minimum atomic E-state index is -0.203. The van der Waals surface area contributed by atoms with Gasteiger partial charge in [0.25, 0.3) is 0 Å². The molecular weight excluding hydrogens is 320 g/mol. The standard InChI is InChI=1S/C17H24N6O2/c1-17(2)6-3-4-14(25-17)10-21-16(24)20-9-13-5-7-19-15(8-13)23-12-18-11-22-23/h5,7-8,11-12,14H,3-4,6,9-10H2,1-2H3,(H2,20,21,24). The molecule has 1 aliphatic heterocycles. The normalized spacial score (nSPS) is 19.4. The second-order valence-electron chi connectivity index (χ2n) is 6.82. The fourth-order valence-electron chi connectivity index (χ4n) is 2.94. The highest BCUT2D eigenvalue weighted by atomic mass is 16.5. The van der Waals surface area contributed by atoms with Gasteiger partial charge in [0.05, 0.1) is 11.7 Å². The van der Waals surface area contributed by atoms with E-state index in [0.29, 0.717) is 18.9 Å². The van der Waals surface area contributed by atoms with Crippen LogP contribution >= 0.6 is 0 Å². The largest absolute Gasteiger partial charge is 0.371 e. The van der Waals surface area contributed by atoms with E-state index in [0.717, 1.165) is 24.8 Å². The van der Waals surface area contributed by atoms with E-state index >= 15 is 0 Å². The molecule has 134 valence electrons. The summed E-state index contributed by atoms with van der Waals surface area (Å²) in [6, 6.07) is 3.51. The van der Waals surface area contributed by atoms with Crippen LogP contribution in [0.15, 0.2) is 31.0 Å². The number of amides is 2. The number of pyridine rings is 1. The highest BCUT2D eigenvalue weighted by Crippen LogP contribution is 2.27. The van der Waals surface area contributed by atoms with E-state index in [9.17, 15) is 4.79 Å². The van der Waals surface area contributed by atoms with Gasteiger partial charge in [0.1, 0.15) is 12.7 Å². The van der Waals surface area contributed by atoms with Gasteiger partial charge in [-0.1, -0.05) is 0 Å². The fourth-order valence-corrected chi connectivity index (χ4v) is 2.94. The third-order valence-corrected chi connectivity index (χ3v) is 4.20. The molecule has 0 radical (unpaired) electrons. The molecule has 25 heavy (non-hydrogen) atoms. The molecule has 2 aromatic heterocycles. The first-order valence-electron chi connectivity index (χ1n) is 8.51. The maximum atomic E-state index is 12.0. The van der Waals surface area contributed by atoms with Gasteiger partial charge in [0.15, 0.2) is 5.82 Å². The van der Waals surface area contributed by atoms with Crippen LogP contribution in [0.1, 0.15) is 38.7 Å². The smallest absolute Gasteiger partial charge is 0.315 e. The summed E-state index contributed by atoms with van der Waals surface area (Å²) in [6.45, 7) is 5.12. The van der Waals surface area contributed by atoms with E-state index in [1.807, 2.05) is 12.1 Å². The summed E-state index contributed by atoms with van der Waals surface area (Å²) in [5, 5.41) is 9.78. The number of carbonyl (C=O) groups excluding carboxylic acids is 1. The average molecular weight is 344 g/mol. The Balaban J connectivity index is 1.45. The van der Waals surface area contributed by atoms with Crippen molar-refractivity contribution in [3.63, 3.8) is 0 Å². The van der Waals surface area contributed by atoms with Crippen LogP contribution in [0.2, 0.25) is 0 Å². The molecule has 8 nitrogen and oxygen atoms in total. The van der Waals surface area contributed by atoms with Crippen molar-refractivity contribution in [2.45, 2.75) is 51.4 Å². The van der Waals surface area contributed by atoms with Gasteiger partial charge >= 0.3 is 6.03 Å². The fraction of sp³-hybridized carbons (Fsp3) is 0.529. The van der Waals surface area contributed by atoms with Crippen LogP contribution in [0.4, 0.5) is 4.79 Å². The lowest BCUT2D eigenvalue weighted by atomic mass is 9.95. The molecule has 1 fully saturated rings. The number of hydrogen-bond acceptors (Lipinski definition) is 5. The zero-order valence-electron chi connectivity index (χ0n) is 14.6. The SMILES string of the molecule is CC1(C)CCCC(CNC(=O)NCc2ccnc(-n3cncn3)c2)O1. The molecule has 3 heterocycles. The Morgan fingerprint density at radius 1 is 1.44 bits per heavy atom.